The molecule has 2 N–H and O–H groups in total. The lowest BCUT2D eigenvalue weighted by Gasteiger charge is -2.21. The van der Waals surface area contributed by atoms with E-state index in [4.69, 9.17) is 4.74 Å². The van der Waals surface area contributed by atoms with E-state index in [9.17, 15) is 0 Å². The number of methoxy groups -OCH3 is 1. The number of nitrogens with zero attached hydrogens (tertiary/aromatic N) is 5. The molecule has 0 saturated carbocycles. The molecule has 0 amide bonds. The fourth-order valence-electron chi connectivity index (χ4n) is 3.81. The number of benzene rings is 1. The highest BCUT2D eigenvalue weighted by molar-refractivity contribution is 14.0. The Morgan fingerprint density at radius 3 is 3.04 bits per heavy atom. The van der Waals surface area contributed by atoms with E-state index in [2.05, 4.69) is 47.4 Å². The largest absolute Gasteiger partial charge is 0.497 e. The molecule has 1 unspecified atom stereocenters. The minimum Gasteiger partial charge on any atom is -0.497 e. The summed E-state index contributed by atoms with van der Waals surface area (Å²) in [5.74, 6) is 3.78. The second-order valence-electron chi connectivity index (χ2n) is 6.99. The van der Waals surface area contributed by atoms with Crippen LogP contribution in [0.1, 0.15) is 24.5 Å². The highest BCUT2D eigenvalue weighted by Crippen LogP contribution is 2.24. The Labute approximate surface area is 182 Å². The van der Waals surface area contributed by atoms with Gasteiger partial charge in [-0.25, -0.2) is 0 Å². The molecule has 1 aromatic heterocycles. The van der Waals surface area contributed by atoms with Crippen LogP contribution in [0.2, 0.25) is 0 Å². The summed E-state index contributed by atoms with van der Waals surface area (Å²) in [6.07, 6.45) is 3.26. The van der Waals surface area contributed by atoms with Crippen LogP contribution in [0.4, 0.5) is 5.69 Å². The van der Waals surface area contributed by atoms with Crippen LogP contribution in [0.3, 0.4) is 0 Å². The van der Waals surface area contributed by atoms with Gasteiger partial charge in [-0.3, -0.25) is 4.99 Å². The molecule has 8 nitrogen and oxygen atoms in total. The zero-order chi connectivity index (χ0) is 18.6. The van der Waals surface area contributed by atoms with Crippen molar-refractivity contribution in [1.82, 2.24) is 25.4 Å². The summed E-state index contributed by atoms with van der Waals surface area (Å²) in [5.41, 5.74) is 1.20. The molecule has 1 saturated heterocycles. The summed E-state index contributed by atoms with van der Waals surface area (Å²) in [5, 5.41) is 15.5. The topological polar surface area (TPSA) is 79.6 Å². The maximum absolute atomic E-state index is 5.34. The molecule has 1 aromatic carbocycles. The van der Waals surface area contributed by atoms with Gasteiger partial charge in [0.2, 0.25) is 0 Å². The standard InChI is InChI=1S/C19H27N7O.HI/c1-20-19(21-12-18-24-23-17-7-4-9-26(17)18)22-14-8-10-25(13-14)15-5-3-6-16(11-15)27-2;/h3,5-6,11,14H,4,7-10,12-13H2,1-2H3,(H2,20,21,22);1H. The normalized spacial score (nSPS) is 18.6. The van der Waals surface area contributed by atoms with Crippen LogP contribution in [0, 0.1) is 0 Å². The predicted octanol–water partition coefficient (Wildman–Crippen LogP) is 1.79. The van der Waals surface area contributed by atoms with Crippen molar-refractivity contribution in [2.45, 2.75) is 38.4 Å². The molecular formula is C19H28IN7O. The second-order valence-corrected chi connectivity index (χ2v) is 6.99. The highest BCUT2D eigenvalue weighted by atomic mass is 127. The first-order valence-corrected chi connectivity index (χ1v) is 9.54. The van der Waals surface area contributed by atoms with Crippen LogP contribution in [-0.4, -0.2) is 54.0 Å². The number of aliphatic imine (C=N–C) groups is 1. The van der Waals surface area contributed by atoms with E-state index in [1.54, 1.807) is 14.2 Å². The molecule has 1 atom stereocenters. The number of fused-ring (bicyclic) bond motifs is 1. The predicted molar refractivity (Wildman–Crippen MR) is 121 cm³/mol. The molecule has 0 spiro atoms. The van der Waals surface area contributed by atoms with Gasteiger partial charge in [-0.1, -0.05) is 6.07 Å². The van der Waals surface area contributed by atoms with Crippen LogP contribution in [0.5, 0.6) is 5.75 Å². The first-order chi connectivity index (χ1) is 13.3. The van der Waals surface area contributed by atoms with Crippen LogP contribution < -0.4 is 20.3 Å². The van der Waals surface area contributed by atoms with E-state index in [0.717, 1.165) is 62.3 Å². The van der Waals surface area contributed by atoms with Crippen LogP contribution in [0.15, 0.2) is 29.3 Å². The molecule has 152 valence electrons. The van der Waals surface area contributed by atoms with Gasteiger partial charge in [-0.05, 0) is 25.0 Å². The van der Waals surface area contributed by atoms with Crippen LogP contribution >= 0.6 is 24.0 Å². The van der Waals surface area contributed by atoms with Crippen LogP contribution in [-0.2, 0) is 19.5 Å². The number of rotatable bonds is 5. The average molecular weight is 497 g/mol. The number of hydrogen-bond donors (Lipinski definition) is 2. The van der Waals surface area contributed by atoms with E-state index in [0.29, 0.717) is 12.6 Å². The number of guanidine groups is 1. The first-order valence-electron chi connectivity index (χ1n) is 9.54. The molecule has 0 aliphatic carbocycles. The fourth-order valence-corrected chi connectivity index (χ4v) is 3.81. The molecule has 9 heteroatoms. The maximum atomic E-state index is 5.34. The number of nitrogens with one attached hydrogen (secondary N) is 2. The Bertz CT molecular complexity index is 822. The fraction of sp³-hybridized carbons (Fsp3) is 0.526. The lowest BCUT2D eigenvalue weighted by atomic mass is 10.2. The van der Waals surface area contributed by atoms with Gasteiger partial charge in [0.15, 0.2) is 11.8 Å². The second kappa shape index (κ2) is 9.44. The third-order valence-electron chi connectivity index (χ3n) is 5.27. The number of aromatic nitrogens is 3. The summed E-state index contributed by atoms with van der Waals surface area (Å²) in [4.78, 5) is 6.74. The summed E-state index contributed by atoms with van der Waals surface area (Å²) < 4.78 is 7.55. The third-order valence-corrected chi connectivity index (χ3v) is 5.27. The first kappa shape index (κ1) is 20.7. The number of aryl methyl sites for hydroxylation is 1. The summed E-state index contributed by atoms with van der Waals surface area (Å²) >= 11 is 0. The average Bonchev–Trinajstić information content (AvgIpc) is 3.43. The van der Waals surface area contributed by atoms with Crippen LogP contribution in [0.25, 0.3) is 0 Å². The zero-order valence-electron chi connectivity index (χ0n) is 16.4. The maximum Gasteiger partial charge on any atom is 0.191 e. The minimum atomic E-state index is 0. The van der Waals surface area contributed by atoms with Crippen molar-refractivity contribution in [3.05, 3.63) is 35.9 Å². The molecule has 1 fully saturated rings. The molecule has 0 bridgehead atoms. The van der Waals surface area contributed by atoms with Crippen molar-refractivity contribution in [3.8, 4) is 5.75 Å². The molecule has 2 aliphatic rings. The summed E-state index contributed by atoms with van der Waals surface area (Å²) in [6, 6.07) is 8.58. The van der Waals surface area contributed by atoms with Gasteiger partial charge >= 0.3 is 0 Å². The van der Waals surface area contributed by atoms with Gasteiger partial charge in [-0.2, -0.15) is 0 Å². The SMILES string of the molecule is CN=C(NCc1nnc2n1CCC2)NC1CCN(c2cccc(OC)c2)C1.I. The number of ether oxygens (including phenoxy) is 1. The van der Waals surface area contributed by atoms with Gasteiger partial charge in [0.25, 0.3) is 0 Å². The van der Waals surface area contributed by atoms with Crippen molar-refractivity contribution >= 4 is 35.6 Å². The lowest BCUT2D eigenvalue weighted by Crippen LogP contribution is -2.44. The van der Waals surface area contributed by atoms with E-state index in [-0.39, 0.29) is 24.0 Å². The molecule has 2 aliphatic heterocycles. The highest BCUT2D eigenvalue weighted by Gasteiger charge is 2.24. The van der Waals surface area contributed by atoms with E-state index in [1.807, 2.05) is 12.1 Å². The molecular weight excluding hydrogens is 469 g/mol. The van der Waals surface area contributed by atoms with Crippen molar-refractivity contribution in [2.24, 2.45) is 4.99 Å². The smallest absolute Gasteiger partial charge is 0.191 e. The lowest BCUT2D eigenvalue weighted by molar-refractivity contribution is 0.415. The minimum absolute atomic E-state index is 0. The van der Waals surface area contributed by atoms with E-state index >= 15 is 0 Å². The molecule has 0 radical (unpaired) electrons. The van der Waals surface area contributed by atoms with Crippen molar-refractivity contribution in [3.63, 3.8) is 0 Å². The molecule has 4 rings (SSSR count). The molecule has 2 aromatic rings. The Morgan fingerprint density at radius 1 is 1.32 bits per heavy atom. The number of anilines is 1. The van der Waals surface area contributed by atoms with Crippen molar-refractivity contribution in [1.29, 1.82) is 0 Å². The van der Waals surface area contributed by atoms with Crippen molar-refractivity contribution < 1.29 is 4.74 Å². The number of hydrogen-bond acceptors (Lipinski definition) is 5. The molecule has 28 heavy (non-hydrogen) atoms. The molecule has 3 heterocycles. The number of halogens is 1. The van der Waals surface area contributed by atoms with Gasteiger partial charge in [0.1, 0.15) is 11.6 Å². The Balaban J connectivity index is 0.00000225. The third kappa shape index (κ3) is 4.50. The zero-order valence-corrected chi connectivity index (χ0v) is 18.7. The van der Waals surface area contributed by atoms with Gasteiger partial charge in [-0.15, -0.1) is 34.2 Å². The Hall–Kier alpha value is -2.04. The van der Waals surface area contributed by atoms with E-state index < -0.39 is 0 Å². The summed E-state index contributed by atoms with van der Waals surface area (Å²) in [6.45, 7) is 3.61. The Kier molecular flexibility index (Phi) is 6.97. The summed E-state index contributed by atoms with van der Waals surface area (Å²) in [7, 11) is 3.51. The van der Waals surface area contributed by atoms with Gasteiger partial charge in [0, 0.05) is 50.9 Å². The van der Waals surface area contributed by atoms with Crippen molar-refractivity contribution in [2.75, 3.05) is 32.1 Å². The Morgan fingerprint density at radius 2 is 2.21 bits per heavy atom. The quantitative estimate of drug-likeness (QED) is 0.373. The van der Waals surface area contributed by atoms with E-state index in [1.165, 1.54) is 5.69 Å². The van der Waals surface area contributed by atoms with Gasteiger partial charge in [0.05, 0.1) is 13.7 Å². The monoisotopic (exact) mass is 497 g/mol. The van der Waals surface area contributed by atoms with Gasteiger partial charge < -0.3 is 24.8 Å².